The molecule has 0 aromatic carbocycles. The Morgan fingerprint density at radius 3 is 1.20 bits per heavy atom. The fourth-order valence-electron chi connectivity index (χ4n) is 4.90. The Hall–Kier alpha value is -3.81. The summed E-state index contributed by atoms with van der Waals surface area (Å²) in [5, 5.41) is 10.6. The van der Waals surface area contributed by atoms with Crippen molar-refractivity contribution in [2.24, 2.45) is 0 Å². The van der Waals surface area contributed by atoms with Crippen LogP contribution in [0, 0.1) is 12.3 Å². The predicted octanol–water partition coefficient (Wildman–Crippen LogP) is 3.06. The zero-order valence-corrected chi connectivity index (χ0v) is 40.0. The van der Waals surface area contributed by atoms with Crippen LogP contribution in [0.25, 0.3) is 0 Å². The number of nitrogens with one attached hydrogen (secondary N) is 4. The topological polar surface area (TPSA) is 235 Å². The molecular weight excluding hydrogens is 840 g/mol. The summed E-state index contributed by atoms with van der Waals surface area (Å²) in [4.78, 5) is 63.8. The first kappa shape index (κ1) is 60.2. The second-order valence-corrected chi connectivity index (χ2v) is 17.1. The van der Waals surface area contributed by atoms with Gasteiger partial charge < -0.3 is 73.4 Å². The Labute approximate surface area is 381 Å². The van der Waals surface area contributed by atoms with Gasteiger partial charge in [0.15, 0.2) is 0 Å². The molecule has 4 N–H and O–H groups in total. The molecule has 0 saturated carbocycles. The molecule has 0 aromatic heterocycles. The molecule has 0 spiro atoms. The molecule has 372 valence electrons. The minimum Gasteiger partial charge on any atom is -0.460 e. The van der Waals surface area contributed by atoms with E-state index in [2.05, 4.69) is 27.2 Å². The molecule has 0 aliphatic heterocycles. The van der Waals surface area contributed by atoms with Crippen molar-refractivity contribution in [1.29, 1.82) is 0 Å². The lowest BCUT2D eigenvalue weighted by molar-refractivity contribution is -0.159. The van der Waals surface area contributed by atoms with Gasteiger partial charge in [0.1, 0.15) is 35.5 Å². The number of hydrogen-bond donors (Lipinski definition) is 4. The third kappa shape index (κ3) is 40.9. The van der Waals surface area contributed by atoms with E-state index in [1.165, 1.54) is 0 Å². The second-order valence-electron chi connectivity index (χ2n) is 17.1. The van der Waals surface area contributed by atoms with Crippen LogP contribution in [0.4, 0.5) is 9.59 Å². The first-order chi connectivity index (χ1) is 30.2. The molecule has 4 amide bonds. The van der Waals surface area contributed by atoms with E-state index in [4.69, 9.17) is 58.5 Å². The number of carbonyl (C=O) groups is 5. The molecule has 0 aliphatic rings. The van der Waals surface area contributed by atoms with Crippen LogP contribution in [0.2, 0.25) is 0 Å². The lowest BCUT2D eigenvalue weighted by atomic mass is 10.1. The highest BCUT2D eigenvalue weighted by Gasteiger charge is 2.31. The maximum absolute atomic E-state index is 13.1. The van der Waals surface area contributed by atoms with E-state index in [0.29, 0.717) is 118 Å². The van der Waals surface area contributed by atoms with Crippen molar-refractivity contribution in [3.63, 3.8) is 0 Å². The molecule has 0 unspecified atom stereocenters. The molecule has 0 saturated heterocycles. The Kier molecular flexibility index (Phi) is 34.2. The summed E-state index contributed by atoms with van der Waals surface area (Å²) in [6, 6.07) is -3.45. The van der Waals surface area contributed by atoms with Crippen LogP contribution < -0.4 is 21.3 Å². The van der Waals surface area contributed by atoms with E-state index in [9.17, 15) is 24.0 Å². The van der Waals surface area contributed by atoms with Crippen LogP contribution in [0.1, 0.15) is 94.4 Å². The number of hydrogen-bond acceptors (Lipinski definition) is 16. The predicted molar refractivity (Wildman–Crippen MR) is 237 cm³/mol. The highest BCUT2D eigenvalue weighted by molar-refractivity contribution is 5.87. The largest absolute Gasteiger partial charge is 0.460 e. The van der Waals surface area contributed by atoms with Gasteiger partial charge in [-0.15, -0.1) is 6.42 Å². The fraction of sp³-hybridized carbons (Fsp3) is 0.841. The van der Waals surface area contributed by atoms with Crippen molar-refractivity contribution in [2.45, 2.75) is 123 Å². The average Bonchev–Trinajstić information content (AvgIpc) is 3.18. The molecule has 0 fully saturated rings. The van der Waals surface area contributed by atoms with E-state index in [1.807, 2.05) is 0 Å². The normalized spacial score (nSPS) is 12.7. The molecule has 20 heteroatoms. The minimum absolute atomic E-state index is 0.0842. The first-order valence-electron chi connectivity index (χ1n) is 22.0. The molecular formula is C44H80N4O16. The van der Waals surface area contributed by atoms with Crippen LogP contribution in [0.15, 0.2) is 0 Å². The number of ether oxygens (including phenoxy) is 11. The molecule has 0 aromatic rings. The van der Waals surface area contributed by atoms with Gasteiger partial charge in [0.25, 0.3) is 0 Å². The van der Waals surface area contributed by atoms with Gasteiger partial charge in [-0.1, -0.05) is 5.92 Å². The van der Waals surface area contributed by atoms with Crippen LogP contribution in [0.5, 0.6) is 0 Å². The number of unbranched alkanes of at least 4 members (excludes halogenated alkanes) is 1. The van der Waals surface area contributed by atoms with Crippen LogP contribution in [-0.4, -0.2) is 178 Å². The van der Waals surface area contributed by atoms with E-state index < -0.39 is 52.8 Å². The standard InChI is InChI=1S/C44H80N4O16/c1-11-19-54-21-23-56-25-27-58-29-31-60-33-34-61-32-30-59-28-26-57-24-22-55-20-18-46-40(52)45-17-13-12-14-35(38(50)63-43(5,6)7)47-41(53)48-36(39(51)64-44(8,9)10)15-16-37(49)62-42(2,3)4/h1,35-36H,12-34H2,2-10H3,(H2,45,46,52)(H2,47,48,53)/t35-,36-/m0/s1. The molecule has 0 bridgehead atoms. The Morgan fingerprint density at radius 1 is 0.453 bits per heavy atom. The fourth-order valence-corrected chi connectivity index (χ4v) is 4.90. The average molecular weight is 921 g/mol. The zero-order chi connectivity index (χ0) is 48.1. The molecule has 20 nitrogen and oxygen atoms in total. The summed E-state index contributed by atoms with van der Waals surface area (Å²) in [7, 11) is 0. The number of carbonyl (C=O) groups excluding carboxylic acids is 5. The van der Waals surface area contributed by atoms with Crippen molar-refractivity contribution >= 4 is 30.0 Å². The SMILES string of the molecule is C#CCOCCOCCOCCOCCOCCOCCOCCOCCNC(=O)NCCCC[C@H](NC(=O)N[C@@H](CCC(=O)OC(C)(C)C)C(=O)OC(C)(C)C)C(=O)OC(C)(C)C. The zero-order valence-electron chi connectivity index (χ0n) is 40.0. The van der Waals surface area contributed by atoms with Gasteiger partial charge >= 0.3 is 30.0 Å². The smallest absolute Gasteiger partial charge is 0.329 e. The summed E-state index contributed by atoms with van der Waals surface area (Å²) in [6.07, 6.45) is 5.98. The Balaban J connectivity index is 4.19. The first-order valence-corrected chi connectivity index (χ1v) is 22.0. The molecule has 64 heavy (non-hydrogen) atoms. The summed E-state index contributed by atoms with van der Waals surface area (Å²) in [5.74, 6) is 0.450. The second kappa shape index (κ2) is 36.4. The van der Waals surface area contributed by atoms with E-state index in [-0.39, 0.29) is 38.4 Å². The third-order valence-electron chi connectivity index (χ3n) is 7.58. The number of rotatable bonds is 37. The lowest BCUT2D eigenvalue weighted by Gasteiger charge is -2.27. The lowest BCUT2D eigenvalue weighted by Crippen LogP contribution is -2.53. The number of esters is 3. The van der Waals surface area contributed by atoms with Gasteiger partial charge in [-0.05, 0) is 88.0 Å². The number of amides is 4. The monoisotopic (exact) mass is 921 g/mol. The maximum atomic E-state index is 13.1. The highest BCUT2D eigenvalue weighted by Crippen LogP contribution is 2.15. The molecule has 0 radical (unpaired) electrons. The van der Waals surface area contributed by atoms with Gasteiger partial charge in [-0.3, -0.25) is 4.79 Å². The van der Waals surface area contributed by atoms with Crippen molar-refractivity contribution in [3.05, 3.63) is 0 Å². The maximum Gasteiger partial charge on any atom is 0.329 e. The molecule has 0 heterocycles. The molecule has 0 aliphatic carbocycles. The van der Waals surface area contributed by atoms with Crippen molar-refractivity contribution < 1.29 is 76.1 Å². The van der Waals surface area contributed by atoms with E-state index in [1.54, 1.807) is 62.3 Å². The van der Waals surface area contributed by atoms with Gasteiger partial charge in [0, 0.05) is 19.5 Å². The van der Waals surface area contributed by atoms with Crippen LogP contribution in [-0.2, 0) is 66.5 Å². The Bertz CT molecular complexity index is 1310. The van der Waals surface area contributed by atoms with Gasteiger partial charge in [0.05, 0.1) is 99.1 Å². The summed E-state index contributed by atoms with van der Waals surface area (Å²) in [5.41, 5.74) is -2.40. The van der Waals surface area contributed by atoms with Gasteiger partial charge in [-0.2, -0.15) is 0 Å². The van der Waals surface area contributed by atoms with Gasteiger partial charge in [-0.25, -0.2) is 19.2 Å². The third-order valence-corrected chi connectivity index (χ3v) is 7.58. The summed E-state index contributed by atoms with van der Waals surface area (Å²) >= 11 is 0. The minimum atomic E-state index is -1.19. The summed E-state index contributed by atoms with van der Waals surface area (Å²) < 4.78 is 59.6. The molecule has 2 atom stereocenters. The van der Waals surface area contributed by atoms with Crippen LogP contribution in [0.3, 0.4) is 0 Å². The van der Waals surface area contributed by atoms with E-state index >= 15 is 0 Å². The molecule has 0 rings (SSSR count). The highest BCUT2D eigenvalue weighted by atomic mass is 16.6. The van der Waals surface area contributed by atoms with Crippen LogP contribution >= 0.6 is 0 Å². The van der Waals surface area contributed by atoms with E-state index in [0.717, 1.165) is 0 Å². The van der Waals surface area contributed by atoms with Crippen molar-refractivity contribution in [3.8, 4) is 12.3 Å². The van der Waals surface area contributed by atoms with Gasteiger partial charge in [0.2, 0.25) is 0 Å². The van der Waals surface area contributed by atoms with Crippen molar-refractivity contribution in [2.75, 3.05) is 119 Å². The Morgan fingerprint density at radius 2 is 0.812 bits per heavy atom. The summed E-state index contributed by atoms with van der Waals surface area (Å²) in [6.45, 7) is 22.7. The number of urea groups is 2. The van der Waals surface area contributed by atoms with Crippen molar-refractivity contribution in [1.82, 2.24) is 21.3 Å². The quantitative estimate of drug-likeness (QED) is 0.0303. The number of terminal acetylenes is 1.